The van der Waals surface area contributed by atoms with Gasteiger partial charge in [-0.2, -0.15) is 0 Å². The van der Waals surface area contributed by atoms with Crippen LogP contribution in [0.5, 0.6) is 11.5 Å². The Kier molecular flexibility index (Phi) is 25.9. The lowest BCUT2D eigenvalue weighted by molar-refractivity contribution is -0.353. The van der Waals surface area contributed by atoms with Gasteiger partial charge in [-0.05, 0) is 40.3 Å². The second-order valence-corrected chi connectivity index (χ2v) is 25.9. The first-order valence-corrected chi connectivity index (χ1v) is 33.4. The molecular formula is C66H88N12O26. The van der Waals surface area contributed by atoms with Gasteiger partial charge in [-0.1, -0.05) is 79.7 Å². The van der Waals surface area contributed by atoms with Crippen LogP contribution >= 0.6 is 0 Å². The van der Waals surface area contributed by atoms with E-state index in [1.807, 2.05) is 24.3 Å². The van der Waals surface area contributed by atoms with Crippen LogP contribution in [-0.4, -0.2) is 318 Å². The van der Waals surface area contributed by atoms with E-state index in [4.69, 9.17) is 44.6 Å². The van der Waals surface area contributed by atoms with Gasteiger partial charge in [0, 0.05) is 17.7 Å². The van der Waals surface area contributed by atoms with Gasteiger partial charge in [0.15, 0.2) is 24.4 Å². The molecule has 5 unspecified atom stereocenters. The normalized spacial score (nSPS) is 34.3. The molecule has 6 heterocycles. The number of hydrogen-bond donors (Lipinski definition) is 22. The molecule has 0 radical (unpaired) electrons. The van der Waals surface area contributed by atoms with Gasteiger partial charge in [0.2, 0.25) is 41.7 Å². The third-order valence-electron chi connectivity index (χ3n) is 19.1. The average Bonchev–Trinajstić information content (AvgIpc) is 1.59. The lowest BCUT2D eigenvalue weighted by Gasteiger charge is -2.46. The number of carbonyl (C=O) groups is 6. The first-order valence-electron chi connectivity index (χ1n) is 33.4. The number of guanidine groups is 2. The van der Waals surface area contributed by atoms with Crippen molar-refractivity contribution < 1.29 is 128 Å². The van der Waals surface area contributed by atoms with Crippen molar-refractivity contribution in [3.8, 4) is 11.5 Å². The van der Waals surface area contributed by atoms with E-state index in [-0.39, 0.29) is 37.0 Å². The number of aliphatic hydroxyl groups excluding tert-OH is 13. The van der Waals surface area contributed by atoms with E-state index in [1.165, 1.54) is 24.3 Å². The number of nitrogens with zero attached hydrogens (tertiary/aromatic N) is 3. The number of hydrogen-bond acceptors (Lipinski definition) is 32. The fourth-order valence-electron chi connectivity index (χ4n) is 13.1. The average molecular weight is 1470 g/mol. The second kappa shape index (κ2) is 34.5. The summed E-state index contributed by atoms with van der Waals surface area (Å²) in [6.45, 7) is -3.48. The Labute approximate surface area is 592 Å². The molecule has 4 aromatic rings. The summed E-state index contributed by atoms with van der Waals surface area (Å²) in [5, 5.41) is 163. The fraction of sp³-hybridized carbons (Fsp3) is 0.545. The molecule has 0 saturated carbocycles. The van der Waals surface area contributed by atoms with Crippen molar-refractivity contribution in [2.45, 2.75) is 172 Å². The largest absolute Gasteiger partial charge is 0.496 e. The predicted octanol–water partition coefficient (Wildman–Crippen LogP) is -10.2. The summed E-state index contributed by atoms with van der Waals surface area (Å²) in [7, 11) is 1.54. The predicted molar refractivity (Wildman–Crippen MR) is 356 cm³/mol. The Morgan fingerprint density at radius 2 is 1.19 bits per heavy atom. The Morgan fingerprint density at radius 1 is 0.577 bits per heavy atom. The van der Waals surface area contributed by atoms with Crippen molar-refractivity contribution in [3.63, 3.8) is 0 Å². The summed E-state index contributed by atoms with van der Waals surface area (Å²) in [4.78, 5) is 96.7. The number of nitrogens with one attached hydrogen (secondary N) is 7. The van der Waals surface area contributed by atoms with Crippen molar-refractivity contribution in [1.82, 2.24) is 42.1 Å². The monoisotopic (exact) mass is 1460 g/mol. The van der Waals surface area contributed by atoms with Gasteiger partial charge < -0.3 is 153 Å². The van der Waals surface area contributed by atoms with Crippen LogP contribution < -0.4 is 58.2 Å². The molecule has 568 valence electrons. The molecule has 6 aliphatic rings. The van der Waals surface area contributed by atoms with Crippen molar-refractivity contribution in [3.05, 3.63) is 108 Å². The molecule has 0 aromatic heterocycles. The molecule has 4 saturated heterocycles. The van der Waals surface area contributed by atoms with Gasteiger partial charge in [-0.3, -0.25) is 38.8 Å². The highest BCUT2D eigenvalue weighted by atomic mass is 16.7. The second-order valence-electron chi connectivity index (χ2n) is 25.9. The summed E-state index contributed by atoms with van der Waals surface area (Å²) in [5.74, 6) is -8.37. The van der Waals surface area contributed by atoms with Crippen LogP contribution in [0, 0.1) is 0 Å². The molecule has 25 atom stereocenters. The maximum absolute atomic E-state index is 15.2. The maximum Gasteiger partial charge on any atom is 0.246 e. The first kappa shape index (κ1) is 78.0. The molecule has 0 bridgehead atoms. The highest BCUT2D eigenvalue weighted by Gasteiger charge is 2.54. The summed E-state index contributed by atoms with van der Waals surface area (Å²) >= 11 is 0. The third-order valence-corrected chi connectivity index (χ3v) is 19.1. The standard InChI is InChI=1S/C66H88N12O26/c1-27(29-8-4-3-5-9-29)43-59(95)72-34(18-28-12-15-31(16-13-28)100-63-55(92)52(89)56(40(24-81)102-63)104-64-54(91)51(88)49(86)41(103-64)26-99-25-30-14-17-38(98-2)33-11-7-6-10-32(30)33)58(94)76-44(46(83)35-19-70-65(67)74-35)61(97)77-45(60(96)73-36(22-79)57(93)69-21-42(82)75-43)47(84)37-20-71-66(68)78(37)62-53(90)50(87)48(85)39(23-80)101-62/h3-17,27,34-37,39-41,43-56,62-64,79-81,83-92H,18-26H2,1-2H3,(H2,68,71)(H,69,93)(H,72,95)(H,73,96)(H,75,82)(H,76,94)(H,77,97)(H3,67,70,74)/t27?,34-,35?,36+,37?,39-,40-,41-,43+,44+,45-,46?,47?,48-,49-,50+,51+,52-,53+,54+,55+,56-,62+,63+,64-/m1/s1. The number of rotatable bonds is 21. The molecule has 6 amide bonds. The van der Waals surface area contributed by atoms with E-state index < -0.39 is 233 Å². The van der Waals surface area contributed by atoms with Crippen LogP contribution in [0.3, 0.4) is 0 Å². The number of fused-ring (bicyclic) bond motifs is 1. The number of aliphatic imine (C=N–C) groups is 2. The van der Waals surface area contributed by atoms with E-state index in [9.17, 15) is 85.6 Å². The number of benzene rings is 4. The highest BCUT2D eigenvalue weighted by molar-refractivity contribution is 5.99. The van der Waals surface area contributed by atoms with Gasteiger partial charge in [0.25, 0.3) is 0 Å². The van der Waals surface area contributed by atoms with Crippen LogP contribution in [0.25, 0.3) is 10.8 Å². The van der Waals surface area contributed by atoms with Crippen LogP contribution in [-0.2, 0) is 65.5 Å². The highest BCUT2D eigenvalue weighted by Crippen LogP contribution is 2.34. The number of ether oxygens (including phenoxy) is 7. The Morgan fingerprint density at radius 3 is 1.87 bits per heavy atom. The molecule has 4 aromatic carbocycles. The van der Waals surface area contributed by atoms with Gasteiger partial charge in [0.05, 0.1) is 71.9 Å². The number of nitrogens with two attached hydrogens (primary N) is 2. The Hall–Kier alpha value is -8.62. The van der Waals surface area contributed by atoms with Gasteiger partial charge >= 0.3 is 0 Å². The topological polar surface area (TPSA) is 594 Å². The molecule has 38 heteroatoms. The van der Waals surface area contributed by atoms with E-state index in [2.05, 4.69) is 47.2 Å². The van der Waals surface area contributed by atoms with Gasteiger partial charge in [0.1, 0.15) is 127 Å². The molecule has 4 fully saturated rings. The van der Waals surface area contributed by atoms with Crippen LogP contribution in [0.4, 0.5) is 0 Å². The van der Waals surface area contributed by atoms with Crippen LogP contribution in [0.1, 0.15) is 29.5 Å². The van der Waals surface area contributed by atoms with Crippen molar-refractivity contribution in [2.75, 3.05) is 53.2 Å². The van der Waals surface area contributed by atoms with E-state index in [1.54, 1.807) is 56.5 Å². The molecule has 0 spiro atoms. The molecule has 38 nitrogen and oxygen atoms in total. The lowest BCUT2D eigenvalue weighted by atomic mass is 9.92. The van der Waals surface area contributed by atoms with Crippen molar-refractivity contribution >= 4 is 58.1 Å². The molecular weight excluding hydrogens is 1380 g/mol. The summed E-state index contributed by atoms with van der Waals surface area (Å²) in [5.41, 5.74) is 13.6. The quantitative estimate of drug-likeness (QED) is 0.0368. The Bertz CT molecular complexity index is 3700. The fourth-order valence-corrected chi connectivity index (χ4v) is 13.1. The van der Waals surface area contributed by atoms with Crippen molar-refractivity contribution in [2.24, 2.45) is 21.5 Å². The van der Waals surface area contributed by atoms with E-state index in [0.717, 1.165) is 21.2 Å². The number of amides is 6. The summed E-state index contributed by atoms with van der Waals surface area (Å²) < 4.78 is 40.8. The Balaban J connectivity index is 0.895. The van der Waals surface area contributed by atoms with Crippen molar-refractivity contribution in [1.29, 1.82) is 0 Å². The molecule has 24 N–H and O–H groups in total. The van der Waals surface area contributed by atoms with Gasteiger partial charge in [-0.15, -0.1) is 0 Å². The molecule has 104 heavy (non-hydrogen) atoms. The minimum atomic E-state index is -2.35. The van der Waals surface area contributed by atoms with Gasteiger partial charge in [-0.25, -0.2) is 0 Å². The zero-order valence-corrected chi connectivity index (χ0v) is 56.1. The molecule has 10 rings (SSSR count). The SMILES string of the molecule is COc1ccc(COC[C@H]2O[C@H](O[C@H]3[C@H](O)[C@H](O)[C@@H](Oc4ccc(C[C@H]5NC(=O)[C@H](C(C)c6ccccc6)NC(=O)CNC(=O)[C@H](CO)NC(=O)[C@@H](C(O)C6CN=C(N)N6[C@H]6O[C@H](CO)[C@@H](O)[C@H](O)[C@@H]6O)NC(=O)[C@H](C(O)C6CN=C(N)N6)NC5=O)cc4)O[C@@H]3CO)[C@@H](O)[C@@H](O)[C@@H]2O)c2ccccc12. The van der Waals surface area contributed by atoms with E-state index >= 15 is 9.59 Å². The molecule has 6 aliphatic heterocycles. The first-order chi connectivity index (χ1) is 49.7. The van der Waals surface area contributed by atoms with Crippen LogP contribution in [0.15, 0.2) is 101 Å². The zero-order valence-electron chi connectivity index (χ0n) is 56.1. The minimum Gasteiger partial charge on any atom is -0.496 e. The lowest BCUT2D eigenvalue weighted by Crippen LogP contribution is -2.70. The third kappa shape index (κ3) is 17.3. The maximum atomic E-state index is 15.2. The molecule has 0 aliphatic carbocycles. The van der Waals surface area contributed by atoms with E-state index in [0.29, 0.717) is 11.3 Å². The number of aliphatic hydroxyl groups is 13. The summed E-state index contributed by atoms with van der Waals surface area (Å²) in [6.07, 6.45) is -31.6. The summed E-state index contributed by atoms with van der Waals surface area (Å²) in [6, 6.07) is 11.8. The minimum absolute atomic E-state index is 0.0196. The smallest absolute Gasteiger partial charge is 0.246 e. The number of methoxy groups -OCH3 is 1. The van der Waals surface area contributed by atoms with Crippen LogP contribution in [0.2, 0.25) is 0 Å². The number of carbonyl (C=O) groups excluding carboxylic acids is 6. The zero-order chi connectivity index (χ0) is 75.0.